The summed E-state index contributed by atoms with van der Waals surface area (Å²) in [5, 5.41) is 22.9. The highest BCUT2D eigenvalue weighted by molar-refractivity contribution is 5.92. The molecular weight excluding hydrogens is 424 g/mol. The number of aliphatic hydroxyl groups is 2. The van der Waals surface area contributed by atoms with Crippen LogP contribution in [0.4, 0.5) is 11.8 Å². The number of benzene rings is 1. The lowest BCUT2D eigenvalue weighted by atomic mass is 10.0. The molecule has 11 nitrogen and oxygen atoms in total. The minimum atomic E-state index is -1.10. The third kappa shape index (κ3) is 3.09. The molecule has 0 aliphatic carbocycles. The average molecular weight is 446 g/mol. The maximum Gasteiger partial charge on any atom is 0.206 e. The second kappa shape index (κ2) is 7.37. The number of nitrogen functional groups attached to an aromatic ring is 2. The van der Waals surface area contributed by atoms with Crippen molar-refractivity contribution in [3.63, 3.8) is 0 Å². The molecule has 33 heavy (non-hydrogen) atoms. The van der Waals surface area contributed by atoms with Crippen LogP contribution in [-0.4, -0.2) is 57.4 Å². The van der Waals surface area contributed by atoms with Crippen molar-refractivity contribution >= 4 is 39.3 Å². The molecular formula is C22H22N8O3. The number of aromatic nitrogens is 6. The lowest BCUT2D eigenvalue weighted by Gasteiger charge is -2.17. The number of imidazole rings is 1. The Kier molecular flexibility index (Phi) is 4.43. The van der Waals surface area contributed by atoms with Gasteiger partial charge in [0.1, 0.15) is 35.6 Å². The van der Waals surface area contributed by atoms with Crippen LogP contribution in [-0.2, 0) is 11.2 Å². The van der Waals surface area contributed by atoms with Crippen LogP contribution < -0.4 is 11.5 Å². The van der Waals surface area contributed by atoms with E-state index in [1.165, 1.54) is 6.33 Å². The van der Waals surface area contributed by atoms with Crippen LogP contribution in [0.2, 0.25) is 0 Å². The van der Waals surface area contributed by atoms with E-state index in [4.69, 9.17) is 16.2 Å². The Morgan fingerprint density at radius 3 is 2.73 bits per heavy atom. The zero-order valence-corrected chi connectivity index (χ0v) is 17.5. The SMILES string of the molecule is Nc1ncnc2c1ccn2[C@@H]1O[C@H](CCc2ccc3c(c2)nc(N)n2ccnc32)[C@@H](O)[C@H]1O. The molecule has 5 aromatic rings. The summed E-state index contributed by atoms with van der Waals surface area (Å²) in [6.45, 7) is 0. The number of hydrogen-bond acceptors (Lipinski definition) is 9. The van der Waals surface area contributed by atoms with E-state index in [0.717, 1.165) is 22.1 Å². The summed E-state index contributed by atoms with van der Waals surface area (Å²) >= 11 is 0. The molecule has 0 spiro atoms. The minimum Gasteiger partial charge on any atom is -0.388 e. The van der Waals surface area contributed by atoms with Crippen molar-refractivity contribution in [2.24, 2.45) is 0 Å². The van der Waals surface area contributed by atoms with Gasteiger partial charge in [0.05, 0.1) is 17.0 Å². The van der Waals surface area contributed by atoms with E-state index in [1.54, 1.807) is 33.6 Å². The first-order valence-corrected chi connectivity index (χ1v) is 10.6. The summed E-state index contributed by atoms with van der Waals surface area (Å²) in [6, 6.07) is 7.71. The lowest BCUT2D eigenvalue weighted by molar-refractivity contribution is -0.0364. The Morgan fingerprint density at radius 1 is 0.970 bits per heavy atom. The monoisotopic (exact) mass is 446 g/mol. The summed E-state index contributed by atoms with van der Waals surface area (Å²) in [5.41, 5.74) is 15.0. The van der Waals surface area contributed by atoms with Crippen molar-refractivity contribution in [2.75, 3.05) is 11.5 Å². The lowest BCUT2D eigenvalue weighted by Crippen LogP contribution is -2.31. The summed E-state index contributed by atoms with van der Waals surface area (Å²) in [5.74, 6) is 0.720. The van der Waals surface area contributed by atoms with Gasteiger partial charge in [-0.15, -0.1) is 0 Å². The normalized spacial score (nSPS) is 23.2. The Bertz CT molecular complexity index is 1500. The summed E-state index contributed by atoms with van der Waals surface area (Å²) in [7, 11) is 0. The molecule has 168 valence electrons. The van der Waals surface area contributed by atoms with Crippen LogP contribution in [0.1, 0.15) is 18.2 Å². The second-order valence-corrected chi connectivity index (χ2v) is 8.25. The van der Waals surface area contributed by atoms with Crippen molar-refractivity contribution < 1.29 is 14.9 Å². The third-order valence-electron chi connectivity index (χ3n) is 6.29. The molecule has 0 unspecified atom stereocenters. The molecule has 0 amide bonds. The third-order valence-corrected chi connectivity index (χ3v) is 6.29. The first kappa shape index (κ1) is 19.9. The zero-order valence-electron chi connectivity index (χ0n) is 17.5. The minimum absolute atomic E-state index is 0.349. The van der Waals surface area contributed by atoms with Crippen molar-refractivity contribution in [1.29, 1.82) is 0 Å². The number of aryl methyl sites for hydroxylation is 1. The fourth-order valence-electron chi connectivity index (χ4n) is 4.58. The van der Waals surface area contributed by atoms with E-state index < -0.39 is 24.5 Å². The highest BCUT2D eigenvalue weighted by Crippen LogP contribution is 2.34. The van der Waals surface area contributed by atoms with Gasteiger partial charge in [0.25, 0.3) is 0 Å². The number of ether oxygens (including phenoxy) is 1. The predicted octanol–water partition coefficient (Wildman–Crippen LogP) is 1.04. The van der Waals surface area contributed by atoms with Gasteiger partial charge in [-0.2, -0.15) is 0 Å². The largest absolute Gasteiger partial charge is 0.388 e. The zero-order chi connectivity index (χ0) is 22.7. The van der Waals surface area contributed by atoms with Crippen LogP contribution in [0.5, 0.6) is 0 Å². The predicted molar refractivity (Wildman–Crippen MR) is 121 cm³/mol. The Hall–Kier alpha value is -3.80. The van der Waals surface area contributed by atoms with Crippen LogP contribution in [0.3, 0.4) is 0 Å². The molecule has 1 aliphatic rings. The molecule has 0 radical (unpaired) electrons. The van der Waals surface area contributed by atoms with Gasteiger partial charge in [-0.05, 0) is 36.6 Å². The number of rotatable bonds is 4. The van der Waals surface area contributed by atoms with Gasteiger partial charge >= 0.3 is 0 Å². The Labute approximate surface area is 187 Å². The van der Waals surface area contributed by atoms with E-state index in [-0.39, 0.29) is 0 Å². The van der Waals surface area contributed by atoms with Gasteiger partial charge in [-0.25, -0.2) is 19.9 Å². The average Bonchev–Trinajstić information content (AvgIpc) is 3.52. The molecule has 4 aromatic heterocycles. The summed E-state index contributed by atoms with van der Waals surface area (Å²) in [6.07, 6.45) is 4.23. The van der Waals surface area contributed by atoms with E-state index in [1.807, 2.05) is 18.2 Å². The number of nitrogens with two attached hydrogens (primary N) is 2. The molecule has 1 aromatic carbocycles. The summed E-state index contributed by atoms with van der Waals surface area (Å²) < 4.78 is 9.49. The van der Waals surface area contributed by atoms with Gasteiger partial charge in [-0.1, -0.05) is 6.07 Å². The molecule has 1 fully saturated rings. The van der Waals surface area contributed by atoms with E-state index >= 15 is 0 Å². The number of hydrogen-bond donors (Lipinski definition) is 4. The standard InChI is InChI=1S/C22H22N8O3/c23-18-13-5-7-29(20(13)27-10-26-18)21-17(32)16(31)15(33-21)4-2-11-1-3-12-14(9-11)28-22(24)30-8-6-25-19(12)30/h1,3,5-10,15-17,21,31-32H,2,4H2,(H2,24,28)(H2,23,26,27)/t15-,16-,17-,21-/m1/s1. The molecule has 0 bridgehead atoms. The smallest absolute Gasteiger partial charge is 0.206 e. The van der Waals surface area contributed by atoms with E-state index in [9.17, 15) is 10.2 Å². The quantitative estimate of drug-likeness (QED) is 0.316. The highest BCUT2D eigenvalue weighted by atomic mass is 16.6. The molecule has 1 aliphatic heterocycles. The van der Waals surface area contributed by atoms with Crippen molar-refractivity contribution in [1.82, 2.24) is 28.9 Å². The van der Waals surface area contributed by atoms with Crippen LogP contribution in [0, 0.1) is 0 Å². The van der Waals surface area contributed by atoms with Gasteiger partial charge in [-0.3, -0.25) is 4.40 Å². The maximum absolute atomic E-state index is 10.7. The first-order chi connectivity index (χ1) is 16.0. The molecule has 4 atom stereocenters. The maximum atomic E-state index is 10.7. The topological polar surface area (TPSA) is 163 Å². The Morgan fingerprint density at radius 2 is 1.85 bits per heavy atom. The second-order valence-electron chi connectivity index (χ2n) is 8.25. The molecule has 11 heteroatoms. The van der Waals surface area contributed by atoms with E-state index in [0.29, 0.717) is 35.6 Å². The molecule has 6 rings (SSSR count). The fourth-order valence-corrected chi connectivity index (χ4v) is 4.58. The van der Waals surface area contributed by atoms with Crippen LogP contribution >= 0.6 is 0 Å². The molecule has 0 saturated carbocycles. The van der Waals surface area contributed by atoms with Gasteiger partial charge in [0.15, 0.2) is 6.23 Å². The number of anilines is 2. The number of nitrogens with zero attached hydrogens (tertiary/aromatic N) is 6. The van der Waals surface area contributed by atoms with Gasteiger partial charge in [0.2, 0.25) is 5.95 Å². The van der Waals surface area contributed by atoms with Crippen molar-refractivity contribution in [3.05, 3.63) is 54.7 Å². The summed E-state index contributed by atoms with van der Waals surface area (Å²) in [4.78, 5) is 17.1. The van der Waals surface area contributed by atoms with Crippen molar-refractivity contribution in [2.45, 2.75) is 37.4 Å². The number of fused-ring (bicyclic) bond motifs is 4. The van der Waals surface area contributed by atoms with E-state index in [2.05, 4.69) is 19.9 Å². The fraction of sp³-hybridized carbons (Fsp3) is 0.273. The molecule has 1 saturated heterocycles. The van der Waals surface area contributed by atoms with Gasteiger partial charge in [0, 0.05) is 24.0 Å². The molecule has 6 N–H and O–H groups in total. The van der Waals surface area contributed by atoms with Crippen molar-refractivity contribution in [3.8, 4) is 0 Å². The van der Waals surface area contributed by atoms with Crippen LogP contribution in [0.15, 0.2) is 49.2 Å². The number of aliphatic hydroxyl groups excluding tert-OH is 2. The van der Waals surface area contributed by atoms with Crippen LogP contribution in [0.25, 0.3) is 27.6 Å². The van der Waals surface area contributed by atoms with Gasteiger partial charge < -0.3 is 31.0 Å². The highest BCUT2D eigenvalue weighted by Gasteiger charge is 2.43. The first-order valence-electron chi connectivity index (χ1n) is 10.6. The molecule has 5 heterocycles. The Balaban J connectivity index is 1.23.